The van der Waals surface area contributed by atoms with Gasteiger partial charge in [-0.1, -0.05) is 6.92 Å². The highest BCUT2D eigenvalue weighted by molar-refractivity contribution is 5.85. The minimum Gasteiger partial charge on any atom is -0.490 e. The van der Waals surface area contributed by atoms with Crippen molar-refractivity contribution < 1.29 is 27.4 Å². The van der Waals surface area contributed by atoms with Crippen LogP contribution in [0.25, 0.3) is 10.9 Å². The number of alkyl halides is 3. The minimum atomic E-state index is -4.40. The Kier molecular flexibility index (Phi) is 6.65. The third-order valence-electron chi connectivity index (χ3n) is 5.64. The summed E-state index contributed by atoms with van der Waals surface area (Å²) in [7, 11) is 0. The molecule has 4 nitrogen and oxygen atoms in total. The highest BCUT2D eigenvalue weighted by atomic mass is 19.4. The first-order valence-electron chi connectivity index (χ1n) is 10.1. The Bertz CT molecular complexity index is 845. The Morgan fingerprint density at radius 2 is 1.90 bits per heavy atom. The van der Waals surface area contributed by atoms with Gasteiger partial charge in [-0.25, -0.2) is 0 Å². The SMILES string of the molecule is CCOC(=O)C(CC)C1CCC(Oc2ccnc3cc(C(F)(F)F)ccc23)CC1. The first-order valence-corrected chi connectivity index (χ1v) is 10.1. The average molecular weight is 409 g/mol. The van der Waals surface area contributed by atoms with E-state index in [9.17, 15) is 18.0 Å². The molecule has 0 N–H and O–H groups in total. The number of fused-ring (bicyclic) bond motifs is 1. The van der Waals surface area contributed by atoms with Crippen LogP contribution in [-0.4, -0.2) is 23.7 Å². The first kappa shape index (κ1) is 21.4. The topological polar surface area (TPSA) is 48.4 Å². The molecule has 0 amide bonds. The van der Waals surface area contributed by atoms with Crippen LogP contribution >= 0.6 is 0 Å². The molecule has 1 aliphatic carbocycles. The lowest BCUT2D eigenvalue weighted by atomic mass is 9.78. The van der Waals surface area contributed by atoms with E-state index >= 15 is 0 Å². The van der Waals surface area contributed by atoms with Gasteiger partial charge in [-0.15, -0.1) is 0 Å². The lowest BCUT2D eigenvalue weighted by Gasteiger charge is -2.32. The Labute approximate surface area is 168 Å². The molecule has 0 bridgehead atoms. The summed E-state index contributed by atoms with van der Waals surface area (Å²) in [5.41, 5.74) is -0.459. The molecule has 1 saturated carbocycles. The summed E-state index contributed by atoms with van der Waals surface area (Å²) in [6.07, 6.45) is 1.12. The maximum absolute atomic E-state index is 12.9. The lowest BCUT2D eigenvalue weighted by molar-refractivity contribution is -0.151. The van der Waals surface area contributed by atoms with Crippen LogP contribution in [0.5, 0.6) is 5.75 Å². The fourth-order valence-electron chi connectivity index (χ4n) is 4.13. The molecular formula is C22H26F3NO3. The summed E-state index contributed by atoms with van der Waals surface area (Å²) < 4.78 is 50.1. The number of hydrogen-bond donors (Lipinski definition) is 0. The summed E-state index contributed by atoms with van der Waals surface area (Å²) in [4.78, 5) is 16.2. The number of hydrogen-bond acceptors (Lipinski definition) is 4. The van der Waals surface area contributed by atoms with Crippen molar-refractivity contribution in [3.8, 4) is 5.75 Å². The van der Waals surface area contributed by atoms with E-state index in [0.717, 1.165) is 44.2 Å². The minimum absolute atomic E-state index is 0.0288. The van der Waals surface area contributed by atoms with E-state index < -0.39 is 11.7 Å². The van der Waals surface area contributed by atoms with E-state index in [-0.39, 0.29) is 29.4 Å². The van der Waals surface area contributed by atoms with Crippen molar-refractivity contribution in [2.75, 3.05) is 6.61 Å². The Balaban J connectivity index is 1.67. The van der Waals surface area contributed by atoms with Gasteiger partial charge >= 0.3 is 12.1 Å². The van der Waals surface area contributed by atoms with E-state index in [1.54, 1.807) is 6.07 Å². The van der Waals surface area contributed by atoms with Crippen LogP contribution in [0.2, 0.25) is 0 Å². The normalized spacial score (nSPS) is 21.0. The maximum atomic E-state index is 12.9. The maximum Gasteiger partial charge on any atom is 0.416 e. The molecule has 2 aromatic rings. The van der Waals surface area contributed by atoms with Crippen LogP contribution in [0.1, 0.15) is 51.5 Å². The molecule has 29 heavy (non-hydrogen) atoms. The summed E-state index contributed by atoms with van der Waals surface area (Å²) in [5.74, 6) is 0.616. The molecule has 158 valence electrons. The Morgan fingerprint density at radius 3 is 2.52 bits per heavy atom. The second-order valence-electron chi connectivity index (χ2n) is 7.46. The molecule has 1 aliphatic rings. The number of halogens is 3. The molecule has 1 atom stereocenters. The molecule has 1 aromatic carbocycles. The number of pyridine rings is 1. The zero-order valence-electron chi connectivity index (χ0n) is 16.7. The Morgan fingerprint density at radius 1 is 1.17 bits per heavy atom. The van der Waals surface area contributed by atoms with Gasteiger partial charge in [0, 0.05) is 11.6 Å². The van der Waals surface area contributed by atoms with Crippen molar-refractivity contribution in [2.45, 2.75) is 58.2 Å². The third kappa shape index (κ3) is 5.00. The Hall–Kier alpha value is -2.31. The van der Waals surface area contributed by atoms with Gasteiger partial charge in [-0.3, -0.25) is 9.78 Å². The van der Waals surface area contributed by atoms with E-state index in [0.29, 0.717) is 17.7 Å². The van der Waals surface area contributed by atoms with Gasteiger partial charge in [0.1, 0.15) is 5.75 Å². The summed E-state index contributed by atoms with van der Waals surface area (Å²) >= 11 is 0. The first-order chi connectivity index (χ1) is 13.8. The van der Waals surface area contributed by atoms with Gasteiger partial charge in [-0.2, -0.15) is 13.2 Å². The van der Waals surface area contributed by atoms with Crippen LogP contribution in [0.15, 0.2) is 30.5 Å². The van der Waals surface area contributed by atoms with Crippen molar-refractivity contribution in [3.63, 3.8) is 0 Å². The molecule has 0 saturated heterocycles. The molecule has 0 spiro atoms. The van der Waals surface area contributed by atoms with Crippen molar-refractivity contribution in [1.29, 1.82) is 0 Å². The van der Waals surface area contributed by atoms with Crippen LogP contribution in [0.3, 0.4) is 0 Å². The lowest BCUT2D eigenvalue weighted by Crippen LogP contribution is -2.32. The number of carbonyl (C=O) groups is 1. The summed E-state index contributed by atoms with van der Waals surface area (Å²) in [5, 5.41) is 0.570. The second-order valence-corrected chi connectivity index (χ2v) is 7.46. The highest BCUT2D eigenvalue weighted by Gasteiger charge is 2.33. The monoisotopic (exact) mass is 409 g/mol. The quantitative estimate of drug-likeness (QED) is 0.568. The van der Waals surface area contributed by atoms with E-state index in [4.69, 9.17) is 9.47 Å². The van der Waals surface area contributed by atoms with Crippen LogP contribution < -0.4 is 4.74 Å². The van der Waals surface area contributed by atoms with Crippen molar-refractivity contribution in [2.24, 2.45) is 11.8 Å². The van der Waals surface area contributed by atoms with Crippen molar-refractivity contribution in [1.82, 2.24) is 4.98 Å². The third-order valence-corrected chi connectivity index (χ3v) is 5.64. The van der Waals surface area contributed by atoms with Crippen molar-refractivity contribution in [3.05, 3.63) is 36.0 Å². The molecule has 3 rings (SSSR count). The predicted octanol–water partition coefficient (Wildman–Crippen LogP) is 5.78. The molecule has 0 aliphatic heterocycles. The second kappa shape index (κ2) is 9.01. The van der Waals surface area contributed by atoms with Crippen LogP contribution in [-0.2, 0) is 15.7 Å². The van der Waals surface area contributed by atoms with Gasteiger partial charge in [-0.05, 0) is 69.2 Å². The molecule has 1 fully saturated rings. The number of ether oxygens (including phenoxy) is 2. The largest absolute Gasteiger partial charge is 0.490 e. The number of rotatable bonds is 6. The smallest absolute Gasteiger partial charge is 0.416 e. The summed E-state index contributed by atoms with van der Waals surface area (Å²) in [6, 6.07) is 5.21. The molecule has 1 heterocycles. The molecule has 0 radical (unpaired) electrons. The molecule has 7 heteroatoms. The van der Waals surface area contributed by atoms with E-state index in [1.165, 1.54) is 12.3 Å². The zero-order chi connectivity index (χ0) is 21.0. The van der Waals surface area contributed by atoms with Gasteiger partial charge in [0.05, 0.1) is 29.7 Å². The van der Waals surface area contributed by atoms with Gasteiger partial charge in [0.25, 0.3) is 0 Å². The van der Waals surface area contributed by atoms with E-state index in [2.05, 4.69) is 4.98 Å². The number of benzene rings is 1. The fourth-order valence-corrected chi connectivity index (χ4v) is 4.13. The van der Waals surface area contributed by atoms with Crippen molar-refractivity contribution >= 4 is 16.9 Å². The standard InChI is InChI=1S/C22H26F3NO3/c1-3-17(21(27)28-4-2)14-5-8-16(9-6-14)29-20-11-12-26-19-13-15(22(23,24)25)7-10-18(19)20/h7,10-14,16-17H,3-6,8-9H2,1-2H3. The number of carbonyl (C=O) groups excluding carboxylic acids is 1. The van der Waals surface area contributed by atoms with Crippen LogP contribution in [0, 0.1) is 11.8 Å². The summed E-state index contributed by atoms with van der Waals surface area (Å²) in [6.45, 7) is 4.20. The predicted molar refractivity (Wildman–Crippen MR) is 104 cm³/mol. The van der Waals surface area contributed by atoms with Gasteiger partial charge in [0.2, 0.25) is 0 Å². The molecule has 1 aromatic heterocycles. The highest BCUT2D eigenvalue weighted by Crippen LogP contribution is 2.37. The zero-order valence-corrected chi connectivity index (χ0v) is 16.7. The molecular weight excluding hydrogens is 383 g/mol. The van der Waals surface area contributed by atoms with Crippen LogP contribution in [0.4, 0.5) is 13.2 Å². The number of esters is 1. The van der Waals surface area contributed by atoms with E-state index in [1.807, 2.05) is 13.8 Å². The number of nitrogens with zero attached hydrogens (tertiary/aromatic N) is 1. The molecule has 1 unspecified atom stereocenters. The van der Waals surface area contributed by atoms with Gasteiger partial charge < -0.3 is 9.47 Å². The average Bonchev–Trinajstić information content (AvgIpc) is 2.69. The van der Waals surface area contributed by atoms with Gasteiger partial charge in [0.15, 0.2) is 0 Å². The fraction of sp³-hybridized carbons (Fsp3) is 0.545. The number of aromatic nitrogens is 1.